The number of aliphatic hydroxyl groups is 1. The molecule has 0 unspecified atom stereocenters. The molecule has 6 heteroatoms. The summed E-state index contributed by atoms with van der Waals surface area (Å²) in [5, 5.41) is 9.00. The van der Waals surface area contributed by atoms with Crippen molar-refractivity contribution in [1.82, 2.24) is 9.80 Å². The number of carbonyl (C=O) groups is 1. The Bertz CT molecular complexity index is 493. The van der Waals surface area contributed by atoms with E-state index in [-0.39, 0.29) is 12.5 Å². The van der Waals surface area contributed by atoms with Crippen LogP contribution >= 0.6 is 0 Å². The van der Waals surface area contributed by atoms with E-state index in [2.05, 4.69) is 4.90 Å². The van der Waals surface area contributed by atoms with Crippen molar-refractivity contribution in [3.05, 3.63) is 23.8 Å². The highest BCUT2D eigenvalue weighted by molar-refractivity contribution is 5.95. The van der Waals surface area contributed by atoms with Crippen molar-refractivity contribution in [3.8, 4) is 5.75 Å². The number of nitrogens with two attached hydrogens (primary N) is 1. The number of amides is 1. The number of anilines is 1. The second kappa shape index (κ2) is 7.28. The minimum Gasteiger partial charge on any atom is -0.495 e. The van der Waals surface area contributed by atoms with Gasteiger partial charge >= 0.3 is 0 Å². The molecule has 116 valence electrons. The van der Waals surface area contributed by atoms with Gasteiger partial charge in [0.1, 0.15) is 5.75 Å². The molecule has 0 spiro atoms. The fourth-order valence-corrected chi connectivity index (χ4v) is 2.59. The normalized spacial score (nSPS) is 16.6. The number of methoxy groups -OCH3 is 1. The highest BCUT2D eigenvalue weighted by atomic mass is 16.5. The molecule has 1 saturated heterocycles. The van der Waals surface area contributed by atoms with Crippen molar-refractivity contribution >= 4 is 11.6 Å². The van der Waals surface area contributed by atoms with Crippen LogP contribution in [0.4, 0.5) is 5.69 Å². The average Bonchev–Trinajstić information content (AvgIpc) is 2.72. The van der Waals surface area contributed by atoms with Gasteiger partial charge in [-0.1, -0.05) is 0 Å². The zero-order valence-electron chi connectivity index (χ0n) is 12.4. The van der Waals surface area contributed by atoms with Crippen LogP contribution in [0, 0.1) is 0 Å². The highest BCUT2D eigenvalue weighted by Crippen LogP contribution is 2.23. The second-order valence-electron chi connectivity index (χ2n) is 5.17. The van der Waals surface area contributed by atoms with Crippen LogP contribution in [0.5, 0.6) is 5.75 Å². The Balaban J connectivity index is 2.04. The van der Waals surface area contributed by atoms with Gasteiger partial charge < -0.3 is 20.5 Å². The summed E-state index contributed by atoms with van der Waals surface area (Å²) in [6.45, 7) is 3.92. The van der Waals surface area contributed by atoms with Crippen molar-refractivity contribution in [2.45, 2.75) is 6.42 Å². The predicted molar refractivity (Wildman–Crippen MR) is 81.5 cm³/mol. The number of nitrogens with zero attached hydrogens (tertiary/aromatic N) is 2. The molecule has 0 saturated carbocycles. The van der Waals surface area contributed by atoms with Crippen LogP contribution in [0.3, 0.4) is 0 Å². The van der Waals surface area contributed by atoms with Gasteiger partial charge in [-0.25, -0.2) is 0 Å². The lowest BCUT2D eigenvalue weighted by atomic mass is 10.1. The van der Waals surface area contributed by atoms with Gasteiger partial charge in [-0.2, -0.15) is 0 Å². The first-order chi connectivity index (χ1) is 10.2. The smallest absolute Gasteiger partial charge is 0.253 e. The second-order valence-corrected chi connectivity index (χ2v) is 5.17. The summed E-state index contributed by atoms with van der Waals surface area (Å²) in [5.74, 6) is 0.576. The van der Waals surface area contributed by atoms with Gasteiger partial charge in [0.25, 0.3) is 5.91 Å². The fourth-order valence-electron chi connectivity index (χ4n) is 2.59. The number of rotatable bonds is 4. The van der Waals surface area contributed by atoms with Crippen LogP contribution in [0.25, 0.3) is 0 Å². The molecule has 2 rings (SSSR count). The van der Waals surface area contributed by atoms with Crippen molar-refractivity contribution in [2.24, 2.45) is 0 Å². The molecule has 1 aliphatic rings. The molecular weight excluding hydrogens is 270 g/mol. The quantitative estimate of drug-likeness (QED) is 0.787. The standard InChI is InChI=1S/C15H23N3O3/c1-21-14-4-3-12(11-13(14)16)15(20)18-6-2-5-17(7-8-18)9-10-19/h3-4,11,19H,2,5-10,16H2,1H3. The Labute approximate surface area is 125 Å². The number of nitrogen functional groups attached to an aromatic ring is 1. The largest absolute Gasteiger partial charge is 0.495 e. The minimum atomic E-state index is -0.00444. The molecule has 1 aliphatic heterocycles. The van der Waals surface area contributed by atoms with Gasteiger partial charge in [-0.3, -0.25) is 9.69 Å². The Morgan fingerprint density at radius 3 is 2.81 bits per heavy atom. The van der Waals surface area contributed by atoms with Gasteiger partial charge in [0.05, 0.1) is 19.4 Å². The van der Waals surface area contributed by atoms with Gasteiger partial charge in [-0.05, 0) is 31.2 Å². The van der Waals surface area contributed by atoms with Crippen LogP contribution in [0.1, 0.15) is 16.8 Å². The third kappa shape index (κ3) is 3.86. The number of β-amino-alcohol motifs (C(OH)–C–C–N with tert-alkyl or cyclic N) is 1. The average molecular weight is 293 g/mol. The third-order valence-electron chi connectivity index (χ3n) is 3.77. The number of aliphatic hydroxyl groups excluding tert-OH is 1. The molecular formula is C15H23N3O3. The van der Waals surface area contributed by atoms with Crippen molar-refractivity contribution in [3.63, 3.8) is 0 Å². The molecule has 0 radical (unpaired) electrons. The maximum Gasteiger partial charge on any atom is 0.253 e. The van der Waals surface area contributed by atoms with Crippen LogP contribution in [-0.2, 0) is 0 Å². The molecule has 1 aromatic rings. The zero-order chi connectivity index (χ0) is 15.2. The molecule has 0 atom stereocenters. The Morgan fingerprint density at radius 1 is 1.33 bits per heavy atom. The molecule has 21 heavy (non-hydrogen) atoms. The maximum atomic E-state index is 12.5. The third-order valence-corrected chi connectivity index (χ3v) is 3.77. The van der Waals surface area contributed by atoms with E-state index in [0.29, 0.717) is 30.1 Å². The van der Waals surface area contributed by atoms with Crippen LogP contribution in [-0.4, -0.2) is 67.3 Å². The van der Waals surface area contributed by atoms with Crippen molar-refractivity contribution < 1.29 is 14.6 Å². The summed E-state index contributed by atoms with van der Waals surface area (Å²) in [4.78, 5) is 16.6. The number of ether oxygens (including phenoxy) is 1. The van der Waals surface area contributed by atoms with Crippen molar-refractivity contribution in [2.75, 3.05) is 52.2 Å². The number of hydrogen-bond acceptors (Lipinski definition) is 5. The van der Waals surface area contributed by atoms with E-state index in [1.165, 1.54) is 0 Å². The van der Waals surface area contributed by atoms with Crippen molar-refractivity contribution in [1.29, 1.82) is 0 Å². The van der Waals surface area contributed by atoms with E-state index in [1.807, 2.05) is 4.90 Å². The molecule has 1 aromatic carbocycles. The molecule has 1 amide bonds. The lowest BCUT2D eigenvalue weighted by Crippen LogP contribution is -2.35. The first-order valence-electron chi connectivity index (χ1n) is 7.21. The Kier molecular flexibility index (Phi) is 5.41. The summed E-state index contributed by atoms with van der Waals surface area (Å²) in [6, 6.07) is 5.13. The summed E-state index contributed by atoms with van der Waals surface area (Å²) in [5.41, 5.74) is 6.92. The fraction of sp³-hybridized carbons (Fsp3) is 0.533. The highest BCUT2D eigenvalue weighted by Gasteiger charge is 2.20. The van der Waals surface area contributed by atoms with E-state index >= 15 is 0 Å². The lowest BCUT2D eigenvalue weighted by Gasteiger charge is -2.22. The maximum absolute atomic E-state index is 12.5. The van der Waals surface area contributed by atoms with Crippen LogP contribution in [0.2, 0.25) is 0 Å². The summed E-state index contributed by atoms with van der Waals surface area (Å²) in [7, 11) is 1.55. The molecule has 3 N–H and O–H groups in total. The van der Waals surface area contributed by atoms with E-state index < -0.39 is 0 Å². The van der Waals surface area contributed by atoms with Crippen LogP contribution < -0.4 is 10.5 Å². The number of hydrogen-bond donors (Lipinski definition) is 2. The summed E-state index contributed by atoms with van der Waals surface area (Å²) >= 11 is 0. The monoisotopic (exact) mass is 293 g/mol. The molecule has 0 aliphatic carbocycles. The lowest BCUT2D eigenvalue weighted by molar-refractivity contribution is 0.0760. The molecule has 0 aromatic heterocycles. The van der Waals surface area contributed by atoms with E-state index in [9.17, 15) is 4.79 Å². The Hall–Kier alpha value is -1.79. The number of benzene rings is 1. The molecule has 1 heterocycles. The molecule has 0 bridgehead atoms. The van der Waals surface area contributed by atoms with Gasteiger partial charge in [0.15, 0.2) is 0 Å². The van der Waals surface area contributed by atoms with E-state index in [4.69, 9.17) is 15.6 Å². The molecule has 1 fully saturated rings. The SMILES string of the molecule is COc1ccc(C(=O)N2CCCN(CCO)CC2)cc1N. The van der Waals surface area contributed by atoms with E-state index in [0.717, 1.165) is 26.1 Å². The summed E-state index contributed by atoms with van der Waals surface area (Å²) in [6.07, 6.45) is 0.914. The van der Waals surface area contributed by atoms with Gasteiger partial charge in [-0.15, -0.1) is 0 Å². The number of carbonyl (C=O) groups excluding carboxylic acids is 1. The Morgan fingerprint density at radius 2 is 2.14 bits per heavy atom. The topological polar surface area (TPSA) is 79.0 Å². The van der Waals surface area contributed by atoms with E-state index in [1.54, 1.807) is 25.3 Å². The first-order valence-corrected chi connectivity index (χ1v) is 7.21. The predicted octanol–water partition coefficient (Wildman–Crippen LogP) is 0.418. The molecule has 6 nitrogen and oxygen atoms in total. The van der Waals surface area contributed by atoms with Gasteiger partial charge in [0, 0.05) is 31.7 Å². The zero-order valence-corrected chi connectivity index (χ0v) is 12.4. The van der Waals surface area contributed by atoms with Crippen LogP contribution in [0.15, 0.2) is 18.2 Å². The summed E-state index contributed by atoms with van der Waals surface area (Å²) < 4.78 is 5.11. The van der Waals surface area contributed by atoms with Gasteiger partial charge in [0.2, 0.25) is 0 Å². The first kappa shape index (κ1) is 15.6. The minimum absolute atomic E-state index is 0.00444.